The van der Waals surface area contributed by atoms with Crippen molar-refractivity contribution in [1.82, 2.24) is 0 Å². The minimum Gasteiger partial charge on any atom is -0.396 e. The van der Waals surface area contributed by atoms with Gasteiger partial charge in [0.2, 0.25) is 0 Å². The fraction of sp³-hybridized carbons (Fsp3) is 0. The van der Waals surface area contributed by atoms with E-state index in [9.17, 15) is 0 Å². The standard InChI is InChI=1S/C16H12N2S/c1-2-10-5-3-6-11(9-10)12-7-4-8-13-14(17)16(18)19-15(12)13/h1,3-9H,17-18H2. The summed E-state index contributed by atoms with van der Waals surface area (Å²) in [6.45, 7) is 0. The second kappa shape index (κ2) is 4.34. The van der Waals surface area contributed by atoms with Crippen LogP contribution in [0.2, 0.25) is 0 Å². The van der Waals surface area contributed by atoms with Crippen molar-refractivity contribution in [2.24, 2.45) is 0 Å². The monoisotopic (exact) mass is 264 g/mol. The van der Waals surface area contributed by atoms with Gasteiger partial charge in [0, 0.05) is 15.6 Å². The van der Waals surface area contributed by atoms with Crippen LogP contribution in [0.3, 0.4) is 0 Å². The molecular weight excluding hydrogens is 252 g/mol. The molecule has 2 aromatic carbocycles. The summed E-state index contributed by atoms with van der Waals surface area (Å²) in [6, 6.07) is 14.0. The predicted octanol–water partition coefficient (Wildman–Crippen LogP) is 3.71. The van der Waals surface area contributed by atoms with Crippen molar-refractivity contribution in [3.8, 4) is 23.5 Å². The van der Waals surface area contributed by atoms with Gasteiger partial charge in [-0.1, -0.05) is 36.3 Å². The van der Waals surface area contributed by atoms with E-state index in [0.717, 1.165) is 26.8 Å². The van der Waals surface area contributed by atoms with Crippen LogP contribution in [-0.2, 0) is 0 Å². The van der Waals surface area contributed by atoms with Crippen LogP contribution in [0.4, 0.5) is 10.7 Å². The second-order valence-corrected chi connectivity index (χ2v) is 5.34. The van der Waals surface area contributed by atoms with E-state index in [4.69, 9.17) is 17.9 Å². The first-order chi connectivity index (χ1) is 9.20. The van der Waals surface area contributed by atoms with Crippen LogP contribution in [0.15, 0.2) is 42.5 Å². The predicted molar refractivity (Wildman–Crippen MR) is 84.0 cm³/mol. The molecule has 2 nitrogen and oxygen atoms in total. The van der Waals surface area contributed by atoms with E-state index in [2.05, 4.69) is 12.0 Å². The maximum atomic E-state index is 5.99. The van der Waals surface area contributed by atoms with Crippen molar-refractivity contribution < 1.29 is 0 Å². The SMILES string of the molecule is C#Cc1cccc(-c2cccc3c(N)c(N)sc23)c1. The average molecular weight is 264 g/mol. The minimum absolute atomic E-state index is 0.662. The molecule has 3 aromatic rings. The zero-order valence-corrected chi connectivity index (χ0v) is 11.0. The van der Waals surface area contributed by atoms with Gasteiger partial charge in [0.05, 0.1) is 5.69 Å². The molecule has 4 N–H and O–H groups in total. The lowest BCUT2D eigenvalue weighted by molar-refractivity contribution is 1.63. The molecule has 0 aliphatic heterocycles. The minimum atomic E-state index is 0.662. The van der Waals surface area contributed by atoms with E-state index in [1.165, 1.54) is 11.3 Å². The second-order valence-electron chi connectivity index (χ2n) is 4.29. The number of fused-ring (bicyclic) bond motifs is 1. The molecule has 92 valence electrons. The Morgan fingerprint density at radius 1 is 1.05 bits per heavy atom. The summed E-state index contributed by atoms with van der Waals surface area (Å²) in [6.07, 6.45) is 5.45. The topological polar surface area (TPSA) is 52.0 Å². The van der Waals surface area contributed by atoms with Gasteiger partial charge in [-0.25, -0.2) is 0 Å². The van der Waals surface area contributed by atoms with Crippen molar-refractivity contribution in [3.63, 3.8) is 0 Å². The first kappa shape index (κ1) is 11.6. The molecule has 0 radical (unpaired) electrons. The fourth-order valence-electron chi connectivity index (χ4n) is 2.16. The molecule has 3 heteroatoms. The van der Waals surface area contributed by atoms with Crippen LogP contribution < -0.4 is 11.5 Å². The number of hydrogen-bond acceptors (Lipinski definition) is 3. The molecule has 0 bridgehead atoms. The smallest absolute Gasteiger partial charge is 0.110 e. The van der Waals surface area contributed by atoms with Crippen molar-refractivity contribution in [1.29, 1.82) is 0 Å². The quantitative estimate of drug-likeness (QED) is 0.658. The van der Waals surface area contributed by atoms with E-state index in [0.29, 0.717) is 10.7 Å². The number of thiophene rings is 1. The normalized spacial score (nSPS) is 10.5. The first-order valence-corrected chi connectivity index (χ1v) is 6.66. The number of nitrogen functional groups attached to an aromatic ring is 2. The van der Waals surface area contributed by atoms with Gasteiger partial charge in [0.15, 0.2) is 0 Å². The summed E-state index contributed by atoms with van der Waals surface area (Å²) in [5.74, 6) is 2.66. The third-order valence-corrected chi connectivity index (χ3v) is 4.21. The number of hydrogen-bond donors (Lipinski definition) is 2. The van der Waals surface area contributed by atoms with Crippen LogP contribution in [0.1, 0.15) is 5.56 Å². The zero-order valence-electron chi connectivity index (χ0n) is 10.2. The molecule has 0 saturated heterocycles. The molecule has 3 rings (SSSR count). The fourth-order valence-corrected chi connectivity index (χ4v) is 3.18. The van der Waals surface area contributed by atoms with Gasteiger partial charge in [-0.2, -0.15) is 0 Å². The van der Waals surface area contributed by atoms with Gasteiger partial charge < -0.3 is 11.5 Å². The highest BCUT2D eigenvalue weighted by Gasteiger charge is 2.11. The van der Waals surface area contributed by atoms with Crippen molar-refractivity contribution in [2.75, 3.05) is 11.5 Å². The molecule has 0 unspecified atom stereocenters. The Hall–Kier alpha value is -2.44. The van der Waals surface area contributed by atoms with Gasteiger partial charge in [-0.05, 0) is 23.3 Å². The van der Waals surface area contributed by atoms with Crippen LogP contribution in [0.25, 0.3) is 21.2 Å². The summed E-state index contributed by atoms with van der Waals surface area (Å²) in [7, 11) is 0. The lowest BCUT2D eigenvalue weighted by atomic mass is 10.0. The van der Waals surface area contributed by atoms with E-state index < -0.39 is 0 Å². The van der Waals surface area contributed by atoms with Crippen LogP contribution in [0, 0.1) is 12.3 Å². The van der Waals surface area contributed by atoms with Crippen molar-refractivity contribution in [2.45, 2.75) is 0 Å². The highest BCUT2D eigenvalue weighted by Crippen LogP contribution is 2.41. The zero-order chi connectivity index (χ0) is 13.4. The van der Waals surface area contributed by atoms with E-state index >= 15 is 0 Å². The van der Waals surface area contributed by atoms with Crippen LogP contribution >= 0.6 is 11.3 Å². The number of rotatable bonds is 1. The van der Waals surface area contributed by atoms with Gasteiger partial charge in [-0.3, -0.25) is 0 Å². The first-order valence-electron chi connectivity index (χ1n) is 5.84. The molecule has 0 aliphatic carbocycles. The summed E-state index contributed by atoms with van der Waals surface area (Å²) in [4.78, 5) is 0. The maximum Gasteiger partial charge on any atom is 0.110 e. The van der Waals surface area contributed by atoms with Gasteiger partial charge in [-0.15, -0.1) is 17.8 Å². The summed E-state index contributed by atoms with van der Waals surface area (Å²) >= 11 is 1.51. The number of benzene rings is 2. The van der Waals surface area contributed by atoms with E-state index in [1.807, 2.05) is 36.4 Å². The largest absolute Gasteiger partial charge is 0.396 e. The maximum absolute atomic E-state index is 5.99. The van der Waals surface area contributed by atoms with Crippen molar-refractivity contribution >= 4 is 32.1 Å². The Morgan fingerprint density at radius 3 is 2.63 bits per heavy atom. The lowest BCUT2D eigenvalue weighted by Crippen LogP contribution is -1.88. The molecule has 0 spiro atoms. The van der Waals surface area contributed by atoms with E-state index in [-0.39, 0.29) is 0 Å². The highest BCUT2D eigenvalue weighted by molar-refractivity contribution is 7.24. The van der Waals surface area contributed by atoms with Crippen LogP contribution in [0.5, 0.6) is 0 Å². The summed E-state index contributed by atoms with van der Waals surface area (Å²) in [5.41, 5.74) is 15.6. The van der Waals surface area contributed by atoms with Gasteiger partial charge >= 0.3 is 0 Å². The Bertz CT molecular complexity index is 809. The van der Waals surface area contributed by atoms with E-state index in [1.54, 1.807) is 0 Å². The number of anilines is 2. The Labute approximate surface area is 115 Å². The summed E-state index contributed by atoms with van der Waals surface area (Å²) in [5, 5.41) is 1.67. The average Bonchev–Trinajstić information content (AvgIpc) is 2.74. The molecule has 0 fully saturated rings. The number of nitrogens with two attached hydrogens (primary N) is 2. The molecule has 0 saturated carbocycles. The Kier molecular flexibility index (Phi) is 2.66. The lowest BCUT2D eigenvalue weighted by Gasteiger charge is -2.04. The molecule has 19 heavy (non-hydrogen) atoms. The molecule has 0 atom stereocenters. The Morgan fingerprint density at radius 2 is 1.84 bits per heavy atom. The van der Waals surface area contributed by atoms with Crippen molar-refractivity contribution in [3.05, 3.63) is 48.0 Å². The van der Waals surface area contributed by atoms with Crippen LogP contribution in [-0.4, -0.2) is 0 Å². The Balaban J connectivity index is 2.31. The highest BCUT2D eigenvalue weighted by atomic mass is 32.1. The molecule has 1 heterocycles. The number of terminal acetylenes is 1. The van der Waals surface area contributed by atoms with Gasteiger partial charge in [0.25, 0.3) is 0 Å². The molecular formula is C16H12N2S. The van der Waals surface area contributed by atoms with Gasteiger partial charge in [0.1, 0.15) is 5.00 Å². The molecule has 0 aliphatic rings. The molecule has 0 amide bonds. The summed E-state index contributed by atoms with van der Waals surface area (Å²) < 4.78 is 1.10. The third kappa shape index (κ3) is 1.83. The molecule has 1 aromatic heterocycles. The third-order valence-electron chi connectivity index (χ3n) is 3.12.